The maximum Gasteiger partial charge on any atom is 0.243 e. The highest BCUT2D eigenvalue weighted by Crippen LogP contribution is 2.24. The van der Waals surface area contributed by atoms with Crippen molar-refractivity contribution in [2.75, 3.05) is 31.9 Å². The number of rotatable bonds is 5. The van der Waals surface area contributed by atoms with Gasteiger partial charge in [0.1, 0.15) is 0 Å². The number of benzene rings is 1. The third kappa shape index (κ3) is 2.97. The lowest BCUT2D eigenvalue weighted by Gasteiger charge is -2.26. The Morgan fingerprint density at radius 2 is 2.05 bits per heavy atom. The summed E-state index contributed by atoms with van der Waals surface area (Å²) in [5, 5.41) is 0. The van der Waals surface area contributed by atoms with E-state index in [1.807, 2.05) is 0 Å². The molecule has 20 heavy (non-hydrogen) atoms. The molecule has 1 aromatic carbocycles. The van der Waals surface area contributed by atoms with Gasteiger partial charge in [0, 0.05) is 24.8 Å². The SMILES string of the molecule is CCN(CC)C1CCN(S(=O)(=O)c2cccc(N)c2)C1. The van der Waals surface area contributed by atoms with E-state index in [0.717, 1.165) is 19.5 Å². The van der Waals surface area contributed by atoms with Crippen LogP contribution in [0.3, 0.4) is 0 Å². The quantitative estimate of drug-likeness (QED) is 0.834. The molecule has 0 saturated carbocycles. The summed E-state index contributed by atoms with van der Waals surface area (Å²) < 4.78 is 26.7. The van der Waals surface area contributed by atoms with E-state index < -0.39 is 10.0 Å². The molecule has 0 aliphatic carbocycles. The highest BCUT2D eigenvalue weighted by Gasteiger charge is 2.34. The number of likely N-dealkylation sites (N-methyl/N-ethyl adjacent to an activating group) is 1. The van der Waals surface area contributed by atoms with E-state index in [9.17, 15) is 8.42 Å². The summed E-state index contributed by atoms with van der Waals surface area (Å²) >= 11 is 0. The molecule has 5 nitrogen and oxygen atoms in total. The molecule has 2 N–H and O–H groups in total. The molecule has 1 saturated heterocycles. The van der Waals surface area contributed by atoms with E-state index in [0.29, 0.717) is 24.8 Å². The number of anilines is 1. The van der Waals surface area contributed by atoms with Crippen LogP contribution in [-0.4, -0.2) is 49.8 Å². The van der Waals surface area contributed by atoms with Gasteiger partial charge in [-0.25, -0.2) is 8.42 Å². The van der Waals surface area contributed by atoms with Crippen LogP contribution in [0.1, 0.15) is 20.3 Å². The second kappa shape index (κ2) is 6.11. The number of hydrogen-bond acceptors (Lipinski definition) is 4. The van der Waals surface area contributed by atoms with Gasteiger partial charge in [0.05, 0.1) is 4.90 Å². The third-order valence-electron chi connectivity index (χ3n) is 3.95. The van der Waals surface area contributed by atoms with Crippen LogP contribution in [0.25, 0.3) is 0 Å². The molecule has 1 aromatic rings. The van der Waals surface area contributed by atoms with Gasteiger partial charge in [-0.1, -0.05) is 19.9 Å². The molecule has 0 aromatic heterocycles. The van der Waals surface area contributed by atoms with E-state index in [1.54, 1.807) is 22.5 Å². The summed E-state index contributed by atoms with van der Waals surface area (Å²) in [6.45, 7) is 7.27. The Balaban J connectivity index is 2.16. The molecule has 1 heterocycles. The second-order valence-electron chi connectivity index (χ2n) is 5.10. The van der Waals surface area contributed by atoms with Gasteiger partial charge in [-0.3, -0.25) is 4.90 Å². The molecule has 1 unspecified atom stereocenters. The highest BCUT2D eigenvalue weighted by atomic mass is 32.2. The zero-order valence-electron chi connectivity index (χ0n) is 12.1. The van der Waals surface area contributed by atoms with Crippen molar-refractivity contribution in [3.8, 4) is 0 Å². The topological polar surface area (TPSA) is 66.6 Å². The lowest BCUT2D eigenvalue weighted by Crippen LogP contribution is -2.38. The number of nitrogens with two attached hydrogens (primary N) is 1. The minimum Gasteiger partial charge on any atom is -0.399 e. The van der Waals surface area contributed by atoms with Crippen molar-refractivity contribution in [2.45, 2.75) is 31.2 Å². The maximum absolute atomic E-state index is 12.6. The van der Waals surface area contributed by atoms with E-state index in [2.05, 4.69) is 18.7 Å². The maximum atomic E-state index is 12.6. The first-order valence-corrected chi connectivity index (χ1v) is 8.52. The minimum atomic E-state index is -3.42. The average Bonchev–Trinajstić information content (AvgIpc) is 2.90. The van der Waals surface area contributed by atoms with E-state index in [4.69, 9.17) is 5.73 Å². The second-order valence-corrected chi connectivity index (χ2v) is 7.04. The van der Waals surface area contributed by atoms with Gasteiger partial charge in [0.15, 0.2) is 0 Å². The largest absolute Gasteiger partial charge is 0.399 e. The van der Waals surface area contributed by atoms with Crippen molar-refractivity contribution in [3.63, 3.8) is 0 Å². The molecule has 2 rings (SSSR count). The van der Waals surface area contributed by atoms with Crippen LogP contribution in [0.4, 0.5) is 5.69 Å². The highest BCUT2D eigenvalue weighted by molar-refractivity contribution is 7.89. The summed E-state index contributed by atoms with van der Waals surface area (Å²) in [5.41, 5.74) is 6.16. The fraction of sp³-hybridized carbons (Fsp3) is 0.571. The Labute approximate surface area is 121 Å². The Hall–Kier alpha value is -1.11. The third-order valence-corrected chi connectivity index (χ3v) is 5.81. The fourth-order valence-corrected chi connectivity index (χ4v) is 4.34. The van der Waals surface area contributed by atoms with Gasteiger partial charge >= 0.3 is 0 Å². The zero-order valence-corrected chi connectivity index (χ0v) is 12.9. The molecule has 112 valence electrons. The standard InChI is InChI=1S/C14H23N3O2S/c1-3-16(4-2)13-8-9-17(11-13)20(18,19)14-7-5-6-12(15)10-14/h5-7,10,13H,3-4,8-9,11,15H2,1-2H3. The minimum absolute atomic E-state index is 0.290. The first kappa shape index (κ1) is 15.3. The Bertz CT molecular complexity index is 555. The molecule has 1 fully saturated rings. The molecular formula is C14H23N3O2S. The molecule has 0 spiro atoms. The monoisotopic (exact) mass is 297 g/mol. The zero-order chi connectivity index (χ0) is 14.8. The van der Waals surface area contributed by atoms with Crippen LogP contribution >= 0.6 is 0 Å². The summed E-state index contributed by atoms with van der Waals surface area (Å²) in [4.78, 5) is 2.60. The smallest absolute Gasteiger partial charge is 0.243 e. The van der Waals surface area contributed by atoms with Crippen molar-refractivity contribution in [2.24, 2.45) is 0 Å². The van der Waals surface area contributed by atoms with Crippen LogP contribution < -0.4 is 5.73 Å². The summed E-state index contributed by atoms with van der Waals surface area (Å²) in [5.74, 6) is 0. The van der Waals surface area contributed by atoms with E-state index in [-0.39, 0.29) is 4.90 Å². The number of sulfonamides is 1. The molecule has 1 aliphatic heterocycles. The first-order valence-electron chi connectivity index (χ1n) is 7.08. The fourth-order valence-electron chi connectivity index (χ4n) is 2.79. The van der Waals surface area contributed by atoms with Gasteiger partial charge in [-0.2, -0.15) is 4.31 Å². The van der Waals surface area contributed by atoms with Gasteiger partial charge in [-0.15, -0.1) is 0 Å². The normalized spacial score (nSPS) is 20.6. The Kier molecular flexibility index (Phi) is 4.67. The van der Waals surface area contributed by atoms with Crippen molar-refractivity contribution in [1.29, 1.82) is 0 Å². The summed E-state index contributed by atoms with van der Waals surface area (Å²) in [6, 6.07) is 6.83. The van der Waals surface area contributed by atoms with Crippen molar-refractivity contribution >= 4 is 15.7 Å². The predicted molar refractivity (Wildman–Crippen MR) is 80.9 cm³/mol. The first-order chi connectivity index (χ1) is 9.48. The molecule has 1 aliphatic rings. The average molecular weight is 297 g/mol. The van der Waals surface area contributed by atoms with Gasteiger partial charge < -0.3 is 5.73 Å². The Morgan fingerprint density at radius 1 is 1.35 bits per heavy atom. The van der Waals surface area contributed by atoms with Crippen LogP contribution in [0.5, 0.6) is 0 Å². The lowest BCUT2D eigenvalue weighted by molar-refractivity contribution is 0.224. The van der Waals surface area contributed by atoms with Gasteiger partial charge in [-0.05, 0) is 37.7 Å². The van der Waals surface area contributed by atoms with Gasteiger partial charge in [0.25, 0.3) is 0 Å². The number of hydrogen-bond donors (Lipinski definition) is 1. The molecule has 6 heteroatoms. The van der Waals surface area contributed by atoms with Crippen LogP contribution in [0, 0.1) is 0 Å². The molecule has 1 atom stereocenters. The van der Waals surface area contributed by atoms with Crippen molar-refractivity contribution in [1.82, 2.24) is 9.21 Å². The Morgan fingerprint density at radius 3 is 2.65 bits per heavy atom. The predicted octanol–water partition coefficient (Wildman–Crippen LogP) is 1.37. The van der Waals surface area contributed by atoms with Crippen molar-refractivity contribution in [3.05, 3.63) is 24.3 Å². The lowest BCUT2D eigenvalue weighted by atomic mass is 10.2. The summed E-state index contributed by atoms with van der Waals surface area (Å²) in [6.07, 6.45) is 0.892. The van der Waals surface area contributed by atoms with E-state index in [1.165, 1.54) is 6.07 Å². The van der Waals surface area contributed by atoms with E-state index >= 15 is 0 Å². The van der Waals surface area contributed by atoms with Gasteiger partial charge in [0.2, 0.25) is 10.0 Å². The molecule has 0 amide bonds. The van der Waals surface area contributed by atoms with Crippen molar-refractivity contribution < 1.29 is 8.42 Å². The van der Waals surface area contributed by atoms with Crippen LogP contribution in [-0.2, 0) is 10.0 Å². The summed E-state index contributed by atoms with van der Waals surface area (Å²) in [7, 11) is -3.42. The van der Waals surface area contributed by atoms with Crippen LogP contribution in [0.2, 0.25) is 0 Å². The molecule has 0 bridgehead atoms. The number of nitrogen functional groups attached to an aromatic ring is 1. The van der Waals surface area contributed by atoms with Crippen LogP contribution in [0.15, 0.2) is 29.2 Å². The molecule has 0 radical (unpaired) electrons. The number of nitrogens with zero attached hydrogens (tertiary/aromatic N) is 2. The molecular weight excluding hydrogens is 274 g/mol.